The first-order valence-corrected chi connectivity index (χ1v) is 9.30. The van der Waals surface area contributed by atoms with Gasteiger partial charge < -0.3 is 14.4 Å². The summed E-state index contributed by atoms with van der Waals surface area (Å²) < 4.78 is 12.1. The highest BCUT2D eigenvalue weighted by atomic mass is 16.6. The van der Waals surface area contributed by atoms with Crippen molar-refractivity contribution in [3.63, 3.8) is 0 Å². The number of Topliss-reactive ketones (excluding diaryl/α,β-unsaturated/α-hetero) is 1. The molecule has 3 aliphatic rings. The van der Waals surface area contributed by atoms with Crippen LogP contribution in [-0.2, 0) is 19.1 Å². The van der Waals surface area contributed by atoms with E-state index in [9.17, 15) is 9.59 Å². The summed E-state index contributed by atoms with van der Waals surface area (Å²) in [5.74, 6) is -0.734. The number of benzene rings is 1. The van der Waals surface area contributed by atoms with Crippen LogP contribution in [0.2, 0.25) is 0 Å². The molecule has 4 atom stereocenters. The van der Waals surface area contributed by atoms with Gasteiger partial charge in [0.25, 0.3) is 0 Å². The fraction of sp³-hybridized carbons (Fsp3) is 0.619. The van der Waals surface area contributed by atoms with Crippen molar-refractivity contribution in [2.45, 2.75) is 76.2 Å². The van der Waals surface area contributed by atoms with Crippen LogP contribution in [0.15, 0.2) is 18.2 Å². The Hall–Kier alpha value is -1.88. The molecule has 1 aromatic rings. The van der Waals surface area contributed by atoms with Crippen LogP contribution in [0, 0.1) is 6.92 Å². The molecule has 3 aliphatic heterocycles. The summed E-state index contributed by atoms with van der Waals surface area (Å²) in [5, 5.41) is 0. The van der Waals surface area contributed by atoms with Crippen molar-refractivity contribution >= 4 is 17.4 Å². The van der Waals surface area contributed by atoms with E-state index in [1.807, 2.05) is 40.8 Å². The van der Waals surface area contributed by atoms with Crippen LogP contribution in [0.4, 0.5) is 5.69 Å². The molecule has 0 unspecified atom stereocenters. The number of esters is 1. The molecule has 140 valence electrons. The molecule has 0 amide bonds. The molecule has 0 saturated carbocycles. The minimum Gasteiger partial charge on any atom is -0.457 e. The summed E-state index contributed by atoms with van der Waals surface area (Å²) in [4.78, 5) is 28.5. The predicted molar refractivity (Wildman–Crippen MR) is 98.4 cm³/mol. The largest absolute Gasteiger partial charge is 0.457 e. The molecule has 5 nitrogen and oxygen atoms in total. The molecule has 26 heavy (non-hydrogen) atoms. The van der Waals surface area contributed by atoms with Crippen LogP contribution in [0.5, 0.6) is 0 Å². The molecule has 3 heterocycles. The number of hydrogen-bond donors (Lipinski definition) is 0. The van der Waals surface area contributed by atoms with Crippen LogP contribution in [0.3, 0.4) is 0 Å². The zero-order valence-corrected chi connectivity index (χ0v) is 16.4. The summed E-state index contributed by atoms with van der Waals surface area (Å²) in [7, 11) is 1.95. The van der Waals surface area contributed by atoms with E-state index >= 15 is 0 Å². The van der Waals surface area contributed by atoms with E-state index in [0.29, 0.717) is 12.8 Å². The summed E-state index contributed by atoms with van der Waals surface area (Å²) >= 11 is 0. The second kappa shape index (κ2) is 5.10. The smallest absolute Gasteiger partial charge is 0.349 e. The first-order valence-electron chi connectivity index (χ1n) is 9.30. The van der Waals surface area contributed by atoms with E-state index in [2.05, 4.69) is 24.0 Å². The third-order valence-corrected chi connectivity index (χ3v) is 6.16. The lowest BCUT2D eigenvalue weighted by atomic mass is 9.78. The fourth-order valence-electron chi connectivity index (χ4n) is 5.15. The SMILES string of the molecule is Cc1cccc2c1[C@H]1[C@@H](N2C)[C@@]2(C(=O)OC(C)(C)C)O[C@]1(C)CCC2=O. The maximum atomic E-state index is 13.3. The predicted octanol–water partition coefficient (Wildman–Crippen LogP) is 3.13. The molecule has 2 fully saturated rings. The van der Waals surface area contributed by atoms with Crippen LogP contribution in [0.25, 0.3) is 0 Å². The number of fused-ring (bicyclic) bond motifs is 7. The third kappa shape index (κ3) is 2.07. The summed E-state index contributed by atoms with van der Waals surface area (Å²) in [6.07, 6.45) is 0.969. The van der Waals surface area contributed by atoms with Gasteiger partial charge in [-0.15, -0.1) is 0 Å². The highest BCUT2D eigenvalue weighted by Gasteiger charge is 2.74. The van der Waals surface area contributed by atoms with Gasteiger partial charge in [0.2, 0.25) is 5.60 Å². The summed E-state index contributed by atoms with van der Waals surface area (Å²) in [5.41, 5.74) is 0.666. The number of anilines is 1. The van der Waals surface area contributed by atoms with Crippen LogP contribution in [-0.4, -0.2) is 41.6 Å². The average molecular weight is 357 g/mol. The standard InChI is InChI=1S/C21H27NO4/c1-12-8-7-9-13-15(12)16-17(22(13)6)21(18(24)25-19(2,3)4)14(23)10-11-20(16,5)26-21/h7-9,16-17H,10-11H2,1-6H3/t16-,17+,20+,21-/m0/s1. The van der Waals surface area contributed by atoms with Gasteiger partial charge in [0.1, 0.15) is 5.60 Å². The van der Waals surface area contributed by atoms with Crippen molar-refractivity contribution in [2.24, 2.45) is 0 Å². The lowest BCUT2D eigenvalue weighted by molar-refractivity contribution is -0.199. The van der Waals surface area contributed by atoms with Crippen molar-refractivity contribution in [2.75, 3.05) is 11.9 Å². The lowest BCUT2D eigenvalue weighted by Gasteiger charge is -2.40. The quantitative estimate of drug-likeness (QED) is 0.571. The van der Waals surface area contributed by atoms with Gasteiger partial charge in [-0.3, -0.25) is 4.79 Å². The summed E-state index contributed by atoms with van der Waals surface area (Å²) in [6, 6.07) is 5.80. The Balaban J connectivity index is 1.91. The first kappa shape index (κ1) is 17.5. The molecule has 2 bridgehead atoms. The van der Waals surface area contributed by atoms with Crippen molar-refractivity contribution < 1.29 is 19.1 Å². The number of aryl methyl sites for hydroxylation is 1. The normalized spacial score (nSPS) is 35.3. The van der Waals surface area contributed by atoms with E-state index in [-0.39, 0.29) is 17.7 Å². The maximum Gasteiger partial charge on any atom is 0.349 e. The Morgan fingerprint density at radius 1 is 1.35 bits per heavy atom. The number of ether oxygens (including phenoxy) is 2. The van der Waals surface area contributed by atoms with Gasteiger partial charge in [-0.05, 0) is 58.2 Å². The average Bonchev–Trinajstić information content (AvgIpc) is 2.95. The van der Waals surface area contributed by atoms with E-state index in [1.165, 1.54) is 11.1 Å². The van der Waals surface area contributed by atoms with Gasteiger partial charge in [0.05, 0.1) is 11.6 Å². The van der Waals surface area contributed by atoms with Gasteiger partial charge in [-0.1, -0.05) is 12.1 Å². The zero-order valence-electron chi connectivity index (χ0n) is 16.4. The second-order valence-corrected chi connectivity index (χ2v) is 9.12. The molecule has 0 radical (unpaired) electrons. The molecular formula is C21H27NO4. The highest BCUT2D eigenvalue weighted by molar-refractivity contribution is 6.11. The lowest BCUT2D eigenvalue weighted by Crippen LogP contribution is -2.62. The van der Waals surface area contributed by atoms with E-state index in [0.717, 1.165) is 5.69 Å². The topological polar surface area (TPSA) is 55.8 Å². The Kier molecular flexibility index (Phi) is 3.44. The fourth-order valence-corrected chi connectivity index (χ4v) is 5.15. The van der Waals surface area contributed by atoms with Crippen molar-refractivity contribution in [3.8, 4) is 0 Å². The Morgan fingerprint density at radius 3 is 2.69 bits per heavy atom. The number of likely N-dealkylation sites (N-methyl/N-ethyl adjacent to an activating group) is 1. The van der Waals surface area contributed by atoms with E-state index in [1.54, 1.807) is 0 Å². The van der Waals surface area contributed by atoms with Gasteiger partial charge in [-0.25, -0.2) is 4.79 Å². The number of nitrogens with zero attached hydrogens (tertiary/aromatic N) is 1. The number of carbonyl (C=O) groups excluding carboxylic acids is 2. The molecule has 2 saturated heterocycles. The Morgan fingerprint density at radius 2 is 2.04 bits per heavy atom. The Bertz CT molecular complexity index is 811. The molecule has 4 rings (SSSR count). The van der Waals surface area contributed by atoms with Crippen molar-refractivity contribution in [3.05, 3.63) is 29.3 Å². The molecule has 1 aromatic carbocycles. The van der Waals surface area contributed by atoms with E-state index in [4.69, 9.17) is 9.47 Å². The number of carbonyl (C=O) groups is 2. The monoisotopic (exact) mass is 357 g/mol. The third-order valence-electron chi connectivity index (χ3n) is 6.16. The number of ketones is 1. The van der Waals surface area contributed by atoms with Gasteiger partial charge in [0, 0.05) is 25.1 Å². The minimum atomic E-state index is -1.55. The van der Waals surface area contributed by atoms with Gasteiger partial charge >= 0.3 is 5.97 Å². The summed E-state index contributed by atoms with van der Waals surface area (Å²) in [6.45, 7) is 9.58. The molecule has 0 aliphatic carbocycles. The molecule has 0 N–H and O–H groups in total. The van der Waals surface area contributed by atoms with Crippen LogP contribution >= 0.6 is 0 Å². The van der Waals surface area contributed by atoms with Crippen LogP contribution < -0.4 is 4.90 Å². The molecule has 0 spiro atoms. The Labute approximate surface area is 154 Å². The van der Waals surface area contributed by atoms with Crippen molar-refractivity contribution in [1.82, 2.24) is 0 Å². The number of rotatable bonds is 1. The van der Waals surface area contributed by atoms with Gasteiger partial charge in [-0.2, -0.15) is 0 Å². The second-order valence-electron chi connectivity index (χ2n) is 9.12. The van der Waals surface area contributed by atoms with Gasteiger partial charge in [0.15, 0.2) is 5.78 Å². The molecule has 0 aromatic heterocycles. The maximum absolute atomic E-state index is 13.3. The number of hydrogen-bond acceptors (Lipinski definition) is 5. The zero-order chi connectivity index (χ0) is 19.1. The van der Waals surface area contributed by atoms with Crippen LogP contribution in [0.1, 0.15) is 57.6 Å². The molecular weight excluding hydrogens is 330 g/mol. The first-order chi connectivity index (χ1) is 12.0. The van der Waals surface area contributed by atoms with E-state index < -0.39 is 22.8 Å². The minimum absolute atomic E-state index is 0.0253. The molecule has 5 heteroatoms. The van der Waals surface area contributed by atoms with Crippen molar-refractivity contribution in [1.29, 1.82) is 0 Å². The highest BCUT2D eigenvalue weighted by Crippen LogP contribution is 2.62.